The lowest BCUT2D eigenvalue weighted by atomic mass is 10.2. The van der Waals surface area contributed by atoms with Crippen LogP contribution in [0.15, 0.2) is 53.4 Å². The highest BCUT2D eigenvalue weighted by molar-refractivity contribution is 7.92. The molecule has 4 nitrogen and oxygen atoms in total. The van der Waals surface area contributed by atoms with Crippen molar-refractivity contribution in [2.45, 2.75) is 11.8 Å². The number of methoxy groups -OCH3 is 1. The van der Waals surface area contributed by atoms with E-state index in [4.69, 9.17) is 4.74 Å². The molecular weight excluding hydrogens is 262 g/mol. The minimum Gasteiger partial charge on any atom is -0.495 e. The summed E-state index contributed by atoms with van der Waals surface area (Å²) in [5.41, 5.74) is 1.59. The summed E-state index contributed by atoms with van der Waals surface area (Å²) in [5.74, 6) is 0.321. The SMILES string of the molecule is COc1ccccc1S(=O)(=O)Nc1ccc(C)cc1. The molecule has 0 atom stereocenters. The molecule has 0 saturated heterocycles. The maximum absolute atomic E-state index is 12.3. The van der Waals surface area contributed by atoms with Crippen molar-refractivity contribution in [2.24, 2.45) is 0 Å². The third-order valence-electron chi connectivity index (χ3n) is 2.66. The summed E-state index contributed by atoms with van der Waals surface area (Å²) in [6.45, 7) is 1.94. The van der Waals surface area contributed by atoms with Gasteiger partial charge in [-0.3, -0.25) is 4.72 Å². The van der Waals surface area contributed by atoms with Gasteiger partial charge in [0.2, 0.25) is 0 Å². The van der Waals surface area contributed by atoms with Gasteiger partial charge in [-0.05, 0) is 31.2 Å². The zero-order valence-electron chi connectivity index (χ0n) is 10.8. The van der Waals surface area contributed by atoms with Crippen LogP contribution in [0.4, 0.5) is 5.69 Å². The first kappa shape index (κ1) is 13.4. The Morgan fingerprint density at radius 2 is 1.63 bits per heavy atom. The highest BCUT2D eigenvalue weighted by atomic mass is 32.2. The lowest BCUT2D eigenvalue weighted by Crippen LogP contribution is -2.13. The first-order valence-electron chi connectivity index (χ1n) is 5.75. The quantitative estimate of drug-likeness (QED) is 0.935. The number of ether oxygens (including phenoxy) is 1. The number of rotatable bonds is 4. The Morgan fingerprint density at radius 3 is 2.26 bits per heavy atom. The Bertz CT molecular complexity index is 663. The highest BCUT2D eigenvalue weighted by Crippen LogP contribution is 2.25. The van der Waals surface area contributed by atoms with Crippen molar-refractivity contribution in [3.8, 4) is 5.75 Å². The molecule has 0 heterocycles. The Balaban J connectivity index is 2.35. The molecule has 0 unspecified atom stereocenters. The Hall–Kier alpha value is -2.01. The number of aryl methyl sites for hydroxylation is 1. The van der Waals surface area contributed by atoms with Gasteiger partial charge in [-0.2, -0.15) is 0 Å². The van der Waals surface area contributed by atoms with E-state index in [1.54, 1.807) is 30.3 Å². The number of nitrogens with one attached hydrogen (secondary N) is 1. The van der Waals surface area contributed by atoms with Crippen LogP contribution in [0.2, 0.25) is 0 Å². The maximum Gasteiger partial charge on any atom is 0.265 e. The van der Waals surface area contributed by atoms with Gasteiger partial charge in [0.25, 0.3) is 10.0 Å². The van der Waals surface area contributed by atoms with Crippen LogP contribution >= 0.6 is 0 Å². The number of hydrogen-bond donors (Lipinski definition) is 1. The molecule has 0 amide bonds. The van der Waals surface area contributed by atoms with Crippen LogP contribution in [0.25, 0.3) is 0 Å². The molecule has 0 radical (unpaired) electrons. The molecule has 2 rings (SSSR count). The third kappa shape index (κ3) is 3.06. The van der Waals surface area contributed by atoms with Gasteiger partial charge < -0.3 is 4.74 Å². The van der Waals surface area contributed by atoms with Crippen LogP contribution < -0.4 is 9.46 Å². The van der Waals surface area contributed by atoms with E-state index in [-0.39, 0.29) is 4.90 Å². The molecule has 0 aliphatic carbocycles. The van der Waals surface area contributed by atoms with Crippen LogP contribution in [0.3, 0.4) is 0 Å². The summed E-state index contributed by atoms with van der Waals surface area (Å²) in [5, 5.41) is 0. The number of benzene rings is 2. The molecule has 2 aromatic carbocycles. The van der Waals surface area contributed by atoms with Gasteiger partial charge >= 0.3 is 0 Å². The topological polar surface area (TPSA) is 55.4 Å². The number of anilines is 1. The van der Waals surface area contributed by atoms with E-state index in [1.165, 1.54) is 13.2 Å². The first-order chi connectivity index (χ1) is 9.03. The van der Waals surface area contributed by atoms with Gasteiger partial charge in [0.15, 0.2) is 0 Å². The van der Waals surface area contributed by atoms with Crippen LogP contribution in [0.5, 0.6) is 5.75 Å². The molecule has 0 aliphatic heterocycles. The molecule has 0 spiro atoms. The maximum atomic E-state index is 12.3. The van der Waals surface area contributed by atoms with Gasteiger partial charge in [0.05, 0.1) is 7.11 Å². The lowest BCUT2D eigenvalue weighted by Gasteiger charge is -2.11. The molecule has 1 N–H and O–H groups in total. The predicted octanol–water partition coefficient (Wildman–Crippen LogP) is 2.80. The van der Waals surface area contributed by atoms with E-state index in [2.05, 4.69) is 4.72 Å². The van der Waals surface area contributed by atoms with Crippen molar-refractivity contribution in [3.05, 3.63) is 54.1 Å². The van der Waals surface area contributed by atoms with Crippen LogP contribution in [-0.2, 0) is 10.0 Å². The Morgan fingerprint density at radius 1 is 1.00 bits per heavy atom. The molecule has 0 bridgehead atoms. The molecule has 0 fully saturated rings. The van der Waals surface area contributed by atoms with Gasteiger partial charge in [0.1, 0.15) is 10.6 Å². The van der Waals surface area contributed by atoms with Crippen LogP contribution in [-0.4, -0.2) is 15.5 Å². The van der Waals surface area contributed by atoms with Gasteiger partial charge in [-0.15, -0.1) is 0 Å². The van der Waals surface area contributed by atoms with E-state index in [1.807, 2.05) is 19.1 Å². The molecule has 19 heavy (non-hydrogen) atoms. The molecule has 2 aromatic rings. The third-order valence-corrected chi connectivity index (χ3v) is 4.08. The van der Waals surface area contributed by atoms with E-state index in [0.717, 1.165) is 5.56 Å². The number of hydrogen-bond acceptors (Lipinski definition) is 3. The summed E-state index contributed by atoms with van der Waals surface area (Å²) in [6.07, 6.45) is 0. The van der Waals surface area contributed by atoms with Crippen molar-refractivity contribution >= 4 is 15.7 Å². The second-order valence-electron chi connectivity index (χ2n) is 4.12. The fourth-order valence-corrected chi connectivity index (χ4v) is 2.90. The van der Waals surface area contributed by atoms with E-state index in [9.17, 15) is 8.42 Å². The summed E-state index contributed by atoms with van der Waals surface area (Å²) >= 11 is 0. The first-order valence-corrected chi connectivity index (χ1v) is 7.24. The minimum absolute atomic E-state index is 0.123. The van der Waals surface area contributed by atoms with E-state index >= 15 is 0 Å². The summed E-state index contributed by atoms with van der Waals surface area (Å²) in [4.78, 5) is 0.123. The summed E-state index contributed by atoms with van der Waals surface area (Å²) in [7, 11) is -2.20. The average Bonchev–Trinajstić information content (AvgIpc) is 2.41. The van der Waals surface area contributed by atoms with Crippen LogP contribution in [0, 0.1) is 6.92 Å². The van der Waals surface area contributed by atoms with Crippen LogP contribution in [0.1, 0.15) is 5.56 Å². The molecule has 5 heteroatoms. The highest BCUT2D eigenvalue weighted by Gasteiger charge is 2.18. The summed E-state index contributed by atoms with van der Waals surface area (Å²) < 4.78 is 32.1. The summed E-state index contributed by atoms with van der Waals surface area (Å²) in [6, 6.07) is 13.7. The largest absolute Gasteiger partial charge is 0.495 e. The monoisotopic (exact) mass is 277 g/mol. The standard InChI is InChI=1S/C14H15NO3S/c1-11-7-9-12(10-8-11)15-19(16,17)14-6-4-3-5-13(14)18-2/h3-10,15H,1-2H3. The normalized spacial score (nSPS) is 11.1. The number of para-hydroxylation sites is 1. The molecule has 100 valence electrons. The minimum atomic E-state index is -3.64. The van der Waals surface area contributed by atoms with Crippen molar-refractivity contribution in [1.82, 2.24) is 0 Å². The zero-order valence-corrected chi connectivity index (χ0v) is 11.6. The molecule has 0 aliphatic rings. The smallest absolute Gasteiger partial charge is 0.265 e. The number of sulfonamides is 1. The predicted molar refractivity (Wildman–Crippen MR) is 75.0 cm³/mol. The van der Waals surface area contributed by atoms with E-state index < -0.39 is 10.0 Å². The van der Waals surface area contributed by atoms with Crippen molar-refractivity contribution in [1.29, 1.82) is 0 Å². The fraction of sp³-hybridized carbons (Fsp3) is 0.143. The van der Waals surface area contributed by atoms with Gasteiger partial charge in [-0.25, -0.2) is 8.42 Å². The zero-order chi connectivity index (χ0) is 13.9. The molecule has 0 saturated carbocycles. The van der Waals surface area contributed by atoms with Gasteiger partial charge in [-0.1, -0.05) is 29.8 Å². The van der Waals surface area contributed by atoms with E-state index in [0.29, 0.717) is 11.4 Å². The fourth-order valence-electron chi connectivity index (χ4n) is 1.67. The lowest BCUT2D eigenvalue weighted by molar-refractivity contribution is 0.403. The Labute approximate surface area is 113 Å². The van der Waals surface area contributed by atoms with Crippen molar-refractivity contribution in [3.63, 3.8) is 0 Å². The second kappa shape index (κ2) is 5.32. The average molecular weight is 277 g/mol. The van der Waals surface area contributed by atoms with Crippen molar-refractivity contribution < 1.29 is 13.2 Å². The Kier molecular flexibility index (Phi) is 3.76. The molecular formula is C14H15NO3S. The van der Waals surface area contributed by atoms with Gasteiger partial charge in [0, 0.05) is 5.69 Å². The molecule has 0 aromatic heterocycles. The van der Waals surface area contributed by atoms with Crippen molar-refractivity contribution in [2.75, 3.05) is 11.8 Å². The second-order valence-corrected chi connectivity index (χ2v) is 5.77.